The zero-order chi connectivity index (χ0) is 18.3. The molecule has 26 heavy (non-hydrogen) atoms. The van der Waals surface area contributed by atoms with Crippen molar-refractivity contribution in [1.82, 2.24) is 10.1 Å². The molecule has 1 spiro atoms. The van der Waals surface area contributed by atoms with E-state index in [9.17, 15) is 9.18 Å². The molecule has 1 fully saturated rings. The largest absolute Gasteiger partial charge is 0.361 e. The van der Waals surface area contributed by atoms with Crippen LogP contribution in [0.15, 0.2) is 41.4 Å². The van der Waals surface area contributed by atoms with Gasteiger partial charge in [-0.25, -0.2) is 4.39 Å². The summed E-state index contributed by atoms with van der Waals surface area (Å²) in [6, 6.07) is 6.36. The number of likely N-dealkylation sites (tertiary alicyclic amines) is 1. The van der Waals surface area contributed by atoms with Crippen molar-refractivity contribution in [2.24, 2.45) is 0 Å². The predicted molar refractivity (Wildman–Crippen MR) is 96.9 cm³/mol. The molecule has 6 heteroatoms. The Hall–Kier alpha value is -2.47. The highest BCUT2D eigenvalue weighted by Crippen LogP contribution is 2.47. The average Bonchev–Trinajstić information content (AvgIpc) is 3.19. The summed E-state index contributed by atoms with van der Waals surface area (Å²) in [7, 11) is 0. The highest BCUT2D eigenvalue weighted by molar-refractivity contribution is 6.06. The molecule has 3 heterocycles. The van der Waals surface area contributed by atoms with Crippen LogP contribution in [0.1, 0.15) is 34.7 Å². The third kappa shape index (κ3) is 2.74. The number of piperidine rings is 1. The maximum atomic E-state index is 14.0. The van der Waals surface area contributed by atoms with E-state index in [-0.39, 0.29) is 17.1 Å². The van der Waals surface area contributed by atoms with E-state index in [0.717, 1.165) is 43.7 Å². The highest BCUT2D eigenvalue weighted by Gasteiger charge is 2.46. The van der Waals surface area contributed by atoms with Crippen molar-refractivity contribution in [2.75, 3.05) is 31.1 Å². The van der Waals surface area contributed by atoms with Gasteiger partial charge in [-0.1, -0.05) is 11.2 Å². The molecule has 0 saturated carbocycles. The number of amides is 1. The van der Waals surface area contributed by atoms with Crippen LogP contribution in [0.5, 0.6) is 0 Å². The first-order chi connectivity index (χ1) is 12.5. The Morgan fingerprint density at radius 2 is 2.15 bits per heavy atom. The van der Waals surface area contributed by atoms with Crippen LogP contribution in [0.3, 0.4) is 0 Å². The maximum absolute atomic E-state index is 14.0. The Morgan fingerprint density at radius 1 is 1.38 bits per heavy atom. The zero-order valence-corrected chi connectivity index (χ0v) is 14.9. The first kappa shape index (κ1) is 17.0. The third-order valence-corrected chi connectivity index (χ3v) is 5.57. The number of nitrogens with zero attached hydrogens (tertiary/aromatic N) is 3. The van der Waals surface area contributed by atoms with Gasteiger partial charge < -0.3 is 9.42 Å². The smallest absolute Gasteiger partial charge is 0.280 e. The topological polar surface area (TPSA) is 49.6 Å². The second-order valence-electron chi connectivity index (χ2n) is 7.25. The molecule has 1 amide bonds. The molecule has 0 N–H and O–H groups in total. The van der Waals surface area contributed by atoms with Crippen molar-refractivity contribution in [2.45, 2.75) is 25.2 Å². The van der Waals surface area contributed by atoms with E-state index in [1.165, 1.54) is 6.07 Å². The molecule has 4 rings (SSSR count). The minimum atomic E-state index is -0.261. The van der Waals surface area contributed by atoms with Crippen molar-refractivity contribution in [3.8, 4) is 0 Å². The van der Waals surface area contributed by atoms with Gasteiger partial charge in [-0.2, -0.15) is 0 Å². The molecular formula is C20H22FN3O2. The molecule has 0 radical (unpaired) electrons. The maximum Gasteiger partial charge on any atom is 0.280 e. The standard InChI is InChI=1S/C20H22FN3O2/c1-3-8-23-9-6-20(7-10-23)13-24(18-5-4-15(21)12-16(18)20)19(25)17-11-14(2)26-22-17/h3-5,11-12H,1,6-10,13H2,2H3. The van der Waals surface area contributed by atoms with Gasteiger partial charge in [0, 0.05) is 30.3 Å². The number of hydrogen-bond donors (Lipinski definition) is 0. The molecule has 1 aromatic carbocycles. The molecule has 0 aliphatic carbocycles. The number of aromatic nitrogens is 1. The van der Waals surface area contributed by atoms with Crippen LogP contribution in [0.2, 0.25) is 0 Å². The van der Waals surface area contributed by atoms with Crippen molar-refractivity contribution < 1.29 is 13.7 Å². The molecule has 0 unspecified atom stereocenters. The molecule has 1 aromatic heterocycles. The fraction of sp³-hybridized carbons (Fsp3) is 0.400. The Morgan fingerprint density at radius 3 is 2.81 bits per heavy atom. The fourth-order valence-corrected chi connectivity index (χ4v) is 4.20. The lowest BCUT2D eigenvalue weighted by Gasteiger charge is -2.39. The van der Waals surface area contributed by atoms with Crippen LogP contribution in [0.4, 0.5) is 10.1 Å². The minimum absolute atomic E-state index is 0.194. The van der Waals surface area contributed by atoms with Gasteiger partial charge in [0.25, 0.3) is 5.91 Å². The second-order valence-corrected chi connectivity index (χ2v) is 7.25. The van der Waals surface area contributed by atoms with E-state index >= 15 is 0 Å². The summed E-state index contributed by atoms with van der Waals surface area (Å²) >= 11 is 0. The summed E-state index contributed by atoms with van der Waals surface area (Å²) in [5.74, 6) is 0.141. The lowest BCUT2D eigenvalue weighted by molar-refractivity contribution is 0.0969. The lowest BCUT2D eigenvalue weighted by Crippen LogP contribution is -2.46. The highest BCUT2D eigenvalue weighted by atomic mass is 19.1. The van der Waals surface area contributed by atoms with Crippen LogP contribution in [-0.4, -0.2) is 42.1 Å². The van der Waals surface area contributed by atoms with Gasteiger partial charge in [-0.15, -0.1) is 6.58 Å². The van der Waals surface area contributed by atoms with Crippen molar-refractivity contribution in [3.05, 3.63) is 59.8 Å². The summed E-state index contributed by atoms with van der Waals surface area (Å²) in [5.41, 5.74) is 1.81. The average molecular weight is 355 g/mol. The van der Waals surface area contributed by atoms with Gasteiger partial charge in [0.1, 0.15) is 11.6 Å². The Labute approximate surface area is 152 Å². The second kappa shape index (κ2) is 6.36. The molecule has 136 valence electrons. The third-order valence-electron chi connectivity index (χ3n) is 5.57. The van der Waals surface area contributed by atoms with Crippen molar-refractivity contribution in [1.29, 1.82) is 0 Å². The van der Waals surface area contributed by atoms with Crippen LogP contribution in [0, 0.1) is 12.7 Å². The number of fused-ring (bicyclic) bond motifs is 2. The van der Waals surface area contributed by atoms with Crippen LogP contribution >= 0.6 is 0 Å². The quantitative estimate of drug-likeness (QED) is 0.793. The normalized spacial score (nSPS) is 18.9. The molecule has 2 aliphatic heterocycles. The first-order valence-corrected chi connectivity index (χ1v) is 8.91. The molecule has 0 bridgehead atoms. The van der Waals surface area contributed by atoms with Crippen LogP contribution in [-0.2, 0) is 5.41 Å². The molecule has 0 atom stereocenters. The molecule has 1 saturated heterocycles. The van der Waals surface area contributed by atoms with Crippen molar-refractivity contribution in [3.63, 3.8) is 0 Å². The zero-order valence-electron chi connectivity index (χ0n) is 14.9. The number of benzene rings is 1. The van der Waals surface area contributed by atoms with E-state index in [0.29, 0.717) is 18.0 Å². The van der Waals surface area contributed by atoms with E-state index in [1.807, 2.05) is 6.08 Å². The van der Waals surface area contributed by atoms with Gasteiger partial charge in [-0.3, -0.25) is 9.69 Å². The summed E-state index contributed by atoms with van der Waals surface area (Å²) in [4.78, 5) is 17.1. The number of halogens is 1. The summed E-state index contributed by atoms with van der Waals surface area (Å²) in [5, 5.41) is 3.86. The van der Waals surface area contributed by atoms with E-state index in [2.05, 4.69) is 16.6 Å². The Bertz CT molecular complexity index is 852. The molecule has 2 aliphatic rings. The molecule has 5 nitrogen and oxygen atoms in total. The monoisotopic (exact) mass is 355 g/mol. The van der Waals surface area contributed by atoms with E-state index in [4.69, 9.17) is 4.52 Å². The van der Waals surface area contributed by atoms with E-state index < -0.39 is 0 Å². The number of carbonyl (C=O) groups is 1. The van der Waals surface area contributed by atoms with Gasteiger partial charge in [-0.05, 0) is 56.6 Å². The van der Waals surface area contributed by atoms with Crippen molar-refractivity contribution >= 4 is 11.6 Å². The number of aryl methyl sites for hydroxylation is 1. The van der Waals surface area contributed by atoms with Crippen LogP contribution in [0.25, 0.3) is 0 Å². The number of anilines is 1. The summed E-state index contributed by atoms with van der Waals surface area (Å²) in [6.45, 7) is 8.79. The molecular weight excluding hydrogens is 333 g/mol. The SMILES string of the molecule is C=CCN1CCC2(CC1)CN(C(=O)c1cc(C)on1)c1ccc(F)cc12. The number of carbonyl (C=O) groups excluding carboxylic acids is 1. The predicted octanol–water partition coefficient (Wildman–Crippen LogP) is 3.30. The van der Waals surface area contributed by atoms with Crippen LogP contribution < -0.4 is 4.90 Å². The lowest BCUT2D eigenvalue weighted by atomic mass is 9.74. The van der Waals surface area contributed by atoms with E-state index in [1.54, 1.807) is 30.0 Å². The number of hydrogen-bond acceptors (Lipinski definition) is 4. The summed E-state index contributed by atoms with van der Waals surface area (Å²) < 4.78 is 19.1. The van der Waals surface area contributed by atoms with Gasteiger partial charge >= 0.3 is 0 Å². The number of rotatable bonds is 3. The first-order valence-electron chi connectivity index (χ1n) is 8.91. The Kier molecular flexibility index (Phi) is 4.15. The fourth-order valence-electron chi connectivity index (χ4n) is 4.20. The Balaban J connectivity index is 1.68. The molecule has 2 aromatic rings. The van der Waals surface area contributed by atoms with Gasteiger partial charge in [0.15, 0.2) is 5.69 Å². The van der Waals surface area contributed by atoms with Gasteiger partial charge in [0.2, 0.25) is 0 Å². The minimum Gasteiger partial charge on any atom is -0.361 e. The van der Waals surface area contributed by atoms with Gasteiger partial charge in [0.05, 0.1) is 0 Å². The summed E-state index contributed by atoms with van der Waals surface area (Å²) in [6.07, 6.45) is 3.68.